The molecule has 1 heterocycles. The van der Waals surface area contributed by atoms with E-state index in [2.05, 4.69) is 0 Å². The molecule has 2 rings (SSSR count). The first-order valence-corrected chi connectivity index (χ1v) is 5.70. The summed E-state index contributed by atoms with van der Waals surface area (Å²) < 4.78 is 18.4. The van der Waals surface area contributed by atoms with Crippen molar-refractivity contribution < 1.29 is 19.0 Å². The van der Waals surface area contributed by atoms with Crippen LogP contribution in [0.15, 0.2) is 24.3 Å². The Morgan fingerprint density at radius 3 is 2.56 bits per heavy atom. The van der Waals surface area contributed by atoms with Gasteiger partial charge < -0.3 is 14.7 Å². The lowest BCUT2D eigenvalue weighted by Gasteiger charge is -2.46. The van der Waals surface area contributed by atoms with Crippen LogP contribution < -0.4 is 0 Å². The van der Waals surface area contributed by atoms with Crippen LogP contribution in [0.5, 0.6) is 0 Å². The van der Waals surface area contributed by atoms with Crippen LogP contribution >= 0.6 is 0 Å². The molecular formula is C13H16FNO3. The third kappa shape index (κ3) is 2.00. The molecule has 0 radical (unpaired) electrons. The highest BCUT2D eigenvalue weighted by Gasteiger charge is 2.54. The molecule has 0 aliphatic carbocycles. The van der Waals surface area contributed by atoms with E-state index in [0.717, 1.165) is 0 Å². The molecule has 98 valence electrons. The molecule has 0 spiro atoms. The summed E-state index contributed by atoms with van der Waals surface area (Å²) in [6.07, 6.45) is 0. The molecule has 18 heavy (non-hydrogen) atoms. The second-order valence-corrected chi connectivity index (χ2v) is 4.88. The highest BCUT2D eigenvalue weighted by molar-refractivity contribution is 5.77. The molecule has 1 aromatic carbocycles. The number of ether oxygens (including phenoxy) is 1. The molecule has 0 saturated carbocycles. The minimum absolute atomic E-state index is 0.154. The van der Waals surface area contributed by atoms with Crippen LogP contribution in [-0.2, 0) is 9.53 Å². The molecule has 0 aromatic heterocycles. The normalized spacial score (nSPS) is 19.3. The Balaban J connectivity index is 2.43. The molecule has 1 unspecified atom stereocenters. The van der Waals surface area contributed by atoms with Crippen LogP contribution in [0.4, 0.5) is 4.39 Å². The summed E-state index contributed by atoms with van der Waals surface area (Å²) in [6, 6.07) is 5.67. The van der Waals surface area contributed by atoms with Gasteiger partial charge in [0.2, 0.25) is 0 Å². The van der Waals surface area contributed by atoms with E-state index in [0.29, 0.717) is 5.56 Å². The Labute approximate surface area is 105 Å². The van der Waals surface area contributed by atoms with Gasteiger partial charge >= 0.3 is 5.97 Å². The van der Waals surface area contributed by atoms with Gasteiger partial charge in [0.1, 0.15) is 11.2 Å². The second-order valence-electron chi connectivity index (χ2n) is 4.88. The van der Waals surface area contributed by atoms with Crippen molar-refractivity contribution in [1.82, 2.24) is 4.90 Å². The van der Waals surface area contributed by atoms with E-state index in [-0.39, 0.29) is 19.0 Å². The summed E-state index contributed by atoms with van der Waals surface area (Å²) >= 11 is 0. The van der Waals surface area contributed by atoms with E-state index in [1.54, 1.807) is 31.1 Å². The Morgan fingerprint density at radius 2 is 2.17 bits per heavy atom. The van der Waals surface area contributed by atoms with Gasteiger partial charge in [-0.05, 0) is 31.8 Å². The number of aliphatic carboxylic acids is 1. The van der Waals surface area contributed by atoms with Crippen LogP contribution in [0, 0.1) is 11.2 Å². The van der Waals surface area contributed by atoms with E-state index in [1.807, 2.05) is 0 Å². The second kappa shape index (κ2) is 4.66. The maximum absolute atomic E-state index is 13.3. The number of nitrogens with zero attached hydrogens (tertiary/aromatic N) is 1. The smallest absolute Gasteiger partial charge is 0.316 e. The van der Waals surface area contributed by atoms with Gasteiger partial charge in [-0.25, -0.2) is 4.39 Å². The van der Waals surface area contributed by atoms with Crippen molar-refractivity contribution >= 4 is 5.97 Å². The topological polar surface area (TPSA) is 49.8 Å². The SMILES string of the molecule is CN(C)C(c1cccc(F)c1)C1(C(=O)O)COC1. The largest absolute Gasteiger partial charge is 0.481 e. The van der Waals surface area contributed by atoms with Crippen molar-refractivity contribution in [3.8, 4) is 0 Å². The van der Waals surface area contributed by atoms with Gasteiger partial charge in [-0.3, -0.25) is 4.79 Å². The summed E-state index contributed by atoms with van der Waals surface area (Å²) in [5.74, 6) is -1.27. The van der Waals surface area contributed by atoms with Crippen molar-refractivity contribution in [3.63, 3.8) is 0 Å². The average Bonchev–Trinajstić information content (AvgIpc) is 2.21. The molecule has 1 aromatic rings. The molecule has 1 N–H and O–H groups in total. The van der Waals surface area contributed by atoms with Crippen LogP contribution in [0.3, 0.4) is 0 Å². The molecule has 1 aliphatic heterocycles. The first-order chi connectivity index (χ1) is 8.47. The predicted octanol–water partition coefficient (Wildman–Crippen LogP) is 1.53. The molecule has 1 aliphatic rings. The number of carboxylic acids is 1. The monoisotopic (exact) mass is 253 g/mol. The molecule has 1 atom stereocenters. The van der Waals surface area contributed by atoms with E-state index in [9.17, 15) is 14.3 Å². The molecule has 1 fully saturated rings. The molecule has 1 saturated heterocycles. The van der Waals surface area contributed by atoms with Crippen LogP contribution in [-0.4, -0.2) is 43.3 Å². The van der Waals surface area contributed by atoms with Crippen LogP contribution in [0.25, 0.3) is 0 Å². The van der Waals surface area contributed by atoms with Crippen LogP contribution in [0.2, 0.25) is 0 Å². The lowest BCUT2D eigenvalue weighted by Crippen LogP contribution is -2.56. The summed E-state index contributed by atoms with van der Waals surface area (Å²) in [4.78, 5) is 13.3. The van der Waals surface area contributed by atoms with Crippen LogP contribution in [0.1, 0.15) is 11.6 Å². The van der Waals surface area contributed by atoms with Gasteiger partial charge in [0.05, 0.1) is 19.3 Å². The van der Waals surface area contributed by atoms with E-state index in [1.165, 1.54) is 12.1 Å². The third-order valence-electron chi connectivity index (χ3n) is 3.35. The lowest BCUT2D eigenvalue weighted by atomic mass is 9.74. The van der Waals surface area contributed by atoms with Gasteiger partial charge in [0.15, 0.2) is 0 Å². The quantitative estimate of drug-likeness (QED) is 0.884. The van der Waals surface area contributed by atoms with Gasteiger partial charge in [-0.1, -0.05) is 12.1 Å². The average molecular weight is 253 g/mol. The number of hydrogen-bond donors (Lipinski definition) is 1. The fraction of sp³-hybridized carbons (Fsp3) is 0.462. The Kier molecular flexibility index (Phi) is 3.36. The minimum atomic E-state index is -0.989. The maximum atomic E-state index is 13.3. The van der Waals surface area contributed by atoms with Crippen molar-refractivity contribution in [2.45, 2.75) is 6.04 Å². The van der Waals surface area contributed by atoms with Crippen molar-refractivity contribution in [2.75, 3.05) is 27.3 Å². The molecular weight excluding hydrogens is 237 g/mol. The highest BCUT2D eigenvalue weighted by Crippen LogP contribution is 2.43. The fourth-order valence-electron chi connectivity index (χ4n) is 2.51. The molecule has 5 heteroatoms. The zero-order valence-electron chi connectivity index (χ0n) is 10.4. The van der Waals surface area contributed by atoms with Gasteiger partial charge in [-0.15, -0.1) is 0 Å². The zero-order valence-corrected chi connectivity index (χ0v) is 10.4. The highest BCUT2D eigenvalue weighted by atomic mass is 19.1. The number of rotatable bonds is 4. The summed E-state index contributed by atoms with van der Waals surface area (Å²) in [6.45, 7) is 0.309. The van der Waals surface area contributed by atoms with Gasteiger partial charge in [-0.2, -0.15) is 0 Å². The van der Waals surface area contributed by atoms with Crippen molar-refractivity contribution in [3.05, 3.63) is 35.6 Å². The number of carboxylic acid groups (broad SMARTS) is 1. The van der Waals surface area contributed by atoms with Gasteiger partial charge in [0, 0.05) is 0 Å². The summed E-state index contributed by atoms with van der Waals surface area (Å²) in [5, 5.41) is 9.43. The first kappa shape index (κ1) is 13.0. The van der Waals surface area contributed by atoms with E-state index in [4.69, 9.17) is 4.74 Å². The number of benzene rings is 1. The number of halogens is 1. The molecule has 4 nitrogen and oxygen atoms in total. The zero-order chi connectivity index (χ0) is 13.3. The number of carbonyl (C=O) groups is 1. The summed E-state index contributed by atoms with van der Waals surface area (Å²) in [5.41, 5.74) is -0.331. The Bertz CT molecular complexity index is 457. The number of hydrogen-bond acceptors (Lipinski definition) is 3. The maximum Gasteiger partial charge on any atom is 0.316 e. The third-order valence-corrected chi connectivity index (χ3v) is 3.35. The Morgan fingerprint density at radius 1 is 1.50 bits per heavy atom. The summed E-state index contributed by atoms with van der Waals surface area (Å²) in [7, 11) is 3.58. The first-order valence-electron chi connectivity index (χ1n) is 5.70. The molecule has 0 bridgehead atoms. The van der Waals surface area contributed by atoms with E-state index >= 15 is 0 Å². The van der Waals surface area contributed by atoms with E-state index < -0.39 is 17.4 Å². The Hall–Kier alpha value is -1.46. The molecule has 0 amide bonds. The van der Waals surface area contributed by atoms with Gasteiger partial charge in [0.25, 0.3) is 0 Å². The van der Waals surface area contributed by atoms with Crippen molar-refractivity contribution in [2.24, 2.45) is 5.41 Å². The predicted molar refractivity (Wildman–Crippen MR) is 63.7 cm³/mol. The fourth-order valence-corrected chi connectivity index (χ4v) is 2.51. The van der Waals surface area contributed by atoms with Crippen molar-refractivity contribution in [1.29, 1.82) is 0 Å². The lowest BCUT2D eigenvalue weighted by molar-refractivity contribution is -0.193. The standard InChI is InChI=1S/C13H16FNO3/c1-15(2)11(9-4-3-5-10(14)6-9)13(12(16)17)7-18-8-13/h3-6,11H,7-8H2,1-2H3,(H,16,17). The minimum Gasteiger partial charge on any atom is -0.481 e.